The average Bonchev–Trinajstić information content (AvgIpc) is 1.97. The first-order valence-electron chi connectivity index (χ1n) is 3.60. The van der Waals surface area contributed by atoms with E-state index in [9.17, 15) is 4.79 Å². The molecule has 0 saturated carbocycles. The third-order valence-electron chi connectivity index (χ3n) is 1.30. The van der Waals surface area contributed by atoms with Gasteiger partial charge >= 0.3 is 5.97 Å². The van der Waals surface area contributed by atoms with Crippen molar-refractivity contribution in [2.45, 2.75) is 26.2 Å². The van der Waals surface area contributed by atoms with E-state index < -0.39 is 5.97 Å². The molecular weight excluding hydrogens is 208 g/mol. The number of hydrogen-bond donors (Lipinski definition) is 1. The minimum absolute atomic E-state index is 0.270. The molecule has 1 N–H and O–H groups in total. The summed E-state index contributed by atoms with van der Waals surface area (Å²) < 4.78 is 0. The van der Waals surface area contributed by atoms with Gasteiger partial charge in [-0.3, -0.25) is 4.79 Å². The van der Waals surface area contributed by atoms with Gasteiger partial charge in [-0.2, -0.15) is 0 Å². The predicted molar refractivity (Wildman–Crippen MR) is 49.0 cm³/mol. The van der Waals surface area contributed by atoms with Gasteiger partial charge in [0.05, 0.1) is 0 Å². The molecule has 0 radical (unpaired) electrons. The molecule has 0 bridgehead atoms. The molecule has 0 fully saturated rings. The Morgan fingerprint density at radius 2 is 2.27 bits per heavy atom. The maximum absolute atomic E-state index is 10.1. The van der Waals surface area contributed by atoms with Gasteiger partial charge in [0.2, 0.25) is 0 Å². The number of halogens is 1. The number of carboxylic acids is 1. The van der Waals surface area contributed by atoms with Gasteiger partial charge in [0.25, 0.3) is 0 Å². The third-order valence-corrected chi connectivity index (χ3v) is 2.18. The third kappa shape index (κ3) is 7.59. The fourth-order valence-electron chi connectivity index (χ4n) is 0.656. The summed E-state index contributed by atoms with van der Waals surface area (Å²) in [6.07, 6.45) is 3.94. The number of carboxylic acid groups (broad SMARTS) is 1. The van der Waals surface area contributed by atoms with Gasteiger partial charge in [0.15, 0.2) is 0 Å². The highest BCUT2D eigenvalue weighted by molar-refractivity contribution is 9.09. The van der Waals surface area contributed by atoms with Crippen LogP contribution in [0.5, 0.6) is 0 Å². The number of rotatable bonds is 5. The Bertz CT molecular complexity index is 152. The van der Waals surface area contributed by atoms with Gasteiger partial charge in [-0.15, -0.1) is 0 Å². The SMILES string of the molecule is CC(=CCCCC(=O)O)CBr. The lowest BCUT2D eigenvalue weighted by molar-refractivity contribution is -0.137. The Kier molecular flexibility index (Phi) is 6.22. The van der Waals surface area contributed by atoms with E-state index in [1.165, 1.54) is 5.57 Å². The Labute approximate surface area is 75.4 Å². The van der Waals surface area contributed by atoms with Crippen LogP contribution in [0.3, 0.4) is 0 Å². The number of carbonyl (C=O) groups is 1. The van der Waals surface area contributed by atoms with Crippen LogP contribution in [0.2, 0.25) is 0 Å². The highest BCUT2D eigenvalue weighted by Gasteiger charge is 1.93. The van der Waals surface area contributed by atoms with Crippen molar-refractivity contribution in [3.05, 3.63) is 11.6 Å². The number of hydrogen-bond acceptors (Lipinski definition) is 1. The molecule has 0 heterocycles. The minimum Gasteiger partial charge on any atom is -0.481 e. The molecule has 0 aromatic carbocycles. The number of allylic oxidation sites excluding steroid dienone is 2. The smallest absolute Gasteiger partial charge is 0.303 e. The molecule has 64 valence electrons. The summed E-state index contributed by atoms with van der Waals surface area (Å²) in [7, 11) is 0. The monoisotopic (exact) mass is 220 g/mol. The summed E-state index contributed by atoms with van der Waals surface area (Å²) in [4.78, 5) is 10.1. The lowest BCUT2D eigenvalue weighted by Crippen LogP contribution is -1.92. The molecule has 3 heteroatoms. The van der Waals surface area contributed by atoms with Crippen molar-refractivity contribution in [3.8, 4) is 0 Å². The lowest BCUT2D eigenvalue weighted by atomic mass is 10.2. The van der Waals surface area contributed by atoms with Crippen LogP contribution in [0.1, 0.15) is 26.2 Å². The Morgan fingerprint density at radius 1 is 1.64 bits per heavy atom. The van der Waals surface area contributed by atoms with Crippen molar-refractivity contribution in [2.75, 3.05) is 5.33 Å². The van der Waals surface area contributed by atoms with Gasteiger partial charge in [-0.05, 0) is 19.8 Å². The van der Waals surface area contributed by atoms with Crippen molar-refractivity contribution < 1.29 is 9.90 Å². The van der Waals surface area contributed by atoms with Crippen LogP contribution in [0.15, 0.2) is 11.6 Å². The Balaban J connectivity index is 3.33. The van der Waals surface area contributed by atoms with Crippen LogP contribution in [-0.4, -0.2) is 16.4 Å². The Morgan fingerprint density at radius 3 is 2.73 bits per heavy atom. The van der Waals surface area contributed by atoms with Crippen LogP contribution < -0.4 is 0 Å². The van der Waals surface area contributed by atoms with Crippen LogP contribution in [0.25, 0.3) is 0 Å². The van der Waals surface area contributed by atoms with Crippen molar-refractivity contribution in [3.63, 3.8) is 0 Å². The highest BCUT2D eigenvalue weighted by atomic mass is 79.9. The summed E-state index contributed by atoms with van der Waals surface area (Å²) in [6.45, 7) is 2.02. The predicted octanol–water partition coefficient (Wildman–Crippen LogP) is 2.58. The van der Waals surface area contributed by atoms with Gasteiger partial charge in [-0.25, -0.2) is 0 Å². The van der Waals surface area contributed by atoms with Crippen molar-refractivity contribution in [1.82, 2.24) is 0 Å². The topological polar surface area (TPSA) is 37.3 Å². The van der Waals surface area contributed by atoms with Crippen LogP contribution in [0.4, 0.5) is 0 Å². The second kappa shape index (κ2) is 6.40. The zero-order valence-electron chi connectivity index (χ0n) is 6.64. The summed E-state index contributed by atoms with van der Waals surface area (Å²) in [5.41, 5.74) is 1.26. The molecule has 0 rings (SSSR count). The number of alkyl halides is 1. The molecule has 0 saturated heterocycles. The lowest BCUT2D eigenvalue weighted by Gasteiger charge is -1.93. The van der Waals surface area contributed by atoms with E-state index in [2.05, 4.69) is 22.0 Å². The highest BCUT2D eigenvalue weighted by Crippen LogP contribution is 2.03. The molecule has 0 aromatic rings. The van der Waals surface area contributed by atoms with Crippen LogP contribution in [0, 0.1) is 0 Å². The molecule has 0 aliphatic carbocycles. The van der Waals surface area contributed by atoms with Crippen LogP contribution in [-0.2, 0) is 4.79 Å². The molecular formula is C8H13BrO2. The summed E-state index contributed by atoms with van der Waals surface area (Å²) in [6, 6.07) is 0. The summed E-state index contributed by atoms with van der Waals surface area (Å²) >= 11 is 3.31. The standard InChI is InChI=1S/C8H13BrO2/c1-7(6-9)4-2-3-5-8(10)11/h4H,2-3,5-6H2,1H3,(H,10,11). The van der Waals surface area contributed by atoms with Gasteiger partial charge in [0.1, 0.15) is 0 Å². The quantitative estimate of drug-likeness (QED) is 0.440. The zero-order valence-corrected chi connectivity index (χ0v) is 8.23. The van der Waals surface area contributed by atoms with E-state index in [0.717, 1.165) is 18.2 Å². The molecule has 0 unspecified atom stereocenters. The van der Waals surface area contributed by atoms with E-state index in [1.54, 1.807) is 0 Å². The van der Waals surface area contributed by atoms with Gasteiger partial charge < -0.3 is 5.11 Å². The molecule has 0 spiro atoms. The molecule has 0 atom stereocenters. The normalized spacial score (nSPS) is 11.6. The first-order chi connectivity index (χ1) is 5.16. The first-order valence-corrected chi connectivity index (χ1v) is 4.72. The van der Waals surface area contributed by atoms with E-state index in [-0.39, 0.29) is 6.42 Å². The largest absolute Gasteiger partial charge is 0.481 e. The zero-order chi connectivity index (χ0) is 8.69. The molecule has 2 nitrogen and oxygen atoms in total. The van der Waals surface area contributed by atoms with E-state index in [1.807, 2.05) is 6.92 Å². The average molecular weight is 221 g/mol. The first kappa shape index (κ1) is 10.7. The fourth-order valence-corrected chi connectivity index (χ4v) is 0.885. The molecule has 0 aliphatic heterocycles. The van der Waals surface area contributed by atoms with E-state index >= 15 is 0 Å². The maximum atomic E-state index is 10.1. The second-order valence-electron chi connectivity index (χ2n) is 2.47. The molecule has 0 aromatic heterocycles. The van der Waals surface area contributed by atoms with Crippen molar-refractivity contribution in [1.29, 1.82) is 0 Å². The summed E-state index contributed by atoms with van der Waals surface area (Å²) in [5, 5.41) is 9.18. The molecule has 0 amide bonds. The van der Waals surface area contributed by atoms with E-state index in [4.69, 9.17) is 5.11 Å². The van der Waals surface area contributed by atoms with Gasteiger partial charge in [0, 0.05) is 11.8 Å². The second-order valence-corrected chi connectivity index (χ2v) is 3.03. The minimum atomic E-state index is -0.713. The number of unbranched alkanes of at least 4 members (excludes halogenated alkanes) is 1. The van der Waals surface area contributed by atoms with Gasteiger partial charge in [-0.1, -0.05) is 27.6 Å². The summed E-state index contributed by atoms with van der Waals surface area (Å²) in [5.74, 6) is -0.713. The van der Waals surface area contributed by atoms with Crippen molar-refractivity contribution >= 4 is 21.9 Å². The van der Waals surface area contributed by atoms with Crippen LogP contribution >= 0.6 is 15.9 Å². The van der Waals surface area contributed by atoms with Crippen molar-refractivity contribution in [2.24, 2.45) is 0 Å². The fraction of sp³-hybridized carbons (Fsp3) is 0.625. The maximum Gasteiger partial charge on any atom is 0.303 e. The Hall–Kier alpha value is -0.310. The molecule has 11 heavy (non-hydrogen) atoms. The molecule has 0 aliphatic rings. The number of aliphatic carboxylic acids is 1. The van der Waals surface area contributed by atoms with E-state index in [0.29, 0.717) is 0 Å².